The molecular weight excluding hydrogens is 510 g/mol. The molecule has 0 spiro atoms. The van der Waals surface area contributed by atoms with E-state index in [1.54, 1.807) is 11.3 Å². The number of amides is 1. The van der Waals surface area contributed by atoms with Crippen molar-refractivity contribution in [2.45, 2.75) is 12.5 Å². The standard InChI is InChI=1S/C31H29N3O4S/c1-4-19-38-25-13-14-26-27(21-25)39-28(32-26)22-9-8-10-23(20-22)29(35)33-15-17-34(18-16-33)31(2,30(36)37-3)24-11-6-5-7-12-24/h5-14,19-21H,1,15-18H2,2-3H3. The van der Waals surface area contributed by atoms with Crippen molar-refractivity contribution in [3.8, 4) is 16.3 Å². The summed E-state index contributed by atoms with van der Waals surface area (Å²) in [4.78, 5) is 35.1. The Balaban J connectivity index is 1.32. The second-order valence-corrected chi connectivity index (χ2v) is 10.4. The van der Waals surface area contributed by atoms with Gasteiger partial charge in [-0.3, -0.25) is 9.69 Å². The van der Waals surface area contributed by atoms with Crippen molar-refractivity contribution in [3.63, 3.8) is 0 Å². The third kappa shape index (κ3) is 5.22. The molecule has 4 aromatic rings. The maximum atomic E-state index is 13.5. The van der Waals surface area contributed by atoms with Crippen LogP contribution in [0.5, 0.6) is 5.75 Å². The van der Waals surface area contributed by atoms with Crippen LogP contribution in [0.25, 0.3) is 20.8 Å². The van der Waals surface area contributed by atoms with Gasteiger partial charge in [0.25, 0.3) is 5.91 Å². The summed E-state index contributed by atoms with van der Waals surface area (Å²) >= 11 is 1.54. The smallest absolute Gasteiger partial charge is 0.330 e. The molecule has 1 fully saturated rings. The van der Waals surface area contributed by atoms with Crippen LogP contribution in [-0.2, 0) is 15.1 Å². The Labute approximate surface area is 231 Å². The molecule has 0 aliphatic carbocycles. The molecule has 1 unspecified atom stereocenters. The zero-order valence-corrected chi connectivity index (χ0v) is 22.7. The first-order valence-electron chi connectivity index (χ1n) is 12.6. The van der Waals surface area contributed by atoms with Crippen LogP contribution in [0, 0.1) is 0 Å². The summed E-state index contributed by atoms with van der Waals surface area (Å²) < 4.78 is 11.6. The lowest BCUT2D eigenvalue weighted by Crippen LogP contribution is -2.58. The number of esters is 1. The molecule has 0 saturated carbocycles. The molecule has 7 nitrogen and oxygen atoms in total. The summed E-state index contributed by atoms with van der Waals surface area (Å²) in [5, 5.41) is 0.831. The number of fused-ring (bicyclic) bond motifs is 1. The maximum Gasteiger partial charge on any atom is 0.330 e. The number of rotatable bonds is 7. The van der Waals surface area contributed by atoms with Gasteiger partial charge in [-0.15, -0.1) is 11.3 Å². The highest BCUT2D eigenvalue weighted by Gasteiger charge is 2.43. The molecule has 1 aliphatic rings. The Kier molecular flexibility index (Phi) is 7.61. The van der Waals surface area contributed by atoms with Gasteiger partial charge in [0.1, 0.15) is 22.6 Å². The Hall–Kier alpha value is -4.23. The zero-order chi connectivity index (χ0) is 27.4. The molecule has 3 aromatic carbocycles. The van der Waals surface area contributed by atoms with Crippen molar-refractivity contribution in [1.29, 1.82) is 0 Å². The Morgan fingerprint density at radius 2 is 1.79 bits per heavy atom. The quantitative estimate of drug-likeness (QED) is 0.176. The Morgan fingerprint density at radius 1 is 1.03 bits per heavy atom. The first kappa shape index (κ1) is 26.4. The van der Waals surface area contributed by atoms with Gasteiger partial charge in [0, 0.05) is 43.4 Å². The van der Waals surface area contributed by atoms with Crippen molar-refractivity contribution in [3.05, 3.63) is 102 Å². The van der Waals surface area contributed by atoms with Crippen LogP contribution in [0.15, 0.2) is 91.4 Å². The number of hydrogen-bond acceptors (Lipinski definition) is 7. The molecule has 0 bridgehead atoms. The fraction of sp³-hybridized carbons (Fsp3) is 0.226. The summed E-state index contributed by atoms with van der Waals surface area (Å²) in [5.41, 5.74) is 4.90. The van der Waals surface area contributed by atoms with Crippen molar-refractivity contribution in [1.82, 2.24) is 14.8 Å². The van der Waals surface area contributed by atoms with Gasteiger partial charge in [-0.25, -0.2) is 9.78 Å². The van der Waals surface area contributed by atoms with Crippen molar-refractivity contribution >= 4 is 33.4 Å². The molecule has 1 amide bonds. The summed E-state index contributed by atoms with van der Waals surface area (Å²) in [6.45, 7) is 7.51. The number of hydrogen-bond donors (Lipinski definition) is 0. The minimum atomic E-state index is -0.926. The minimum absolute atomic E-state index is 0.0380. The molecule has 39 heavy (non-hydrogen) atoms. The SMILES string of the molecule is C=C=COc1ccc2nc(-c3cccc(C(=O)N4CCN(C(C)(C(=O)OC)c5ccccc5)CC4)c3)sc2c1. The van der Waals surface area contributed by atoms with Gasteiger partial charge in [-0.2, -0.15) is 0 Å². The summed E-state index contributed by atoms with van der Waals surface area (Å²) in [7, 11) is 1.41. The van der Waals surface area contributed by atoms with Gasteiger partial charge >= 0.3 is 5.97 Å². The van der Waals surface area contributed by atoms with Crippen LogP contribution in [0.3, 0.4) is 0 Å². The number of nitrogens with zero attached hydrogens (tertiary/aromatic N) is 3. The number of thiazole rings is 1. The van der Waals surface area contributed by atoms with E-state index >= 15 is 0 Å². The molecule has 8 heteroatoms. The Bertz CT molecular complexity index is 1550. The van der Waals surface area contributed by atoms with Crippen LogP contribution < -0.4 is 4.74 Å². The summed E-state index contributed by atoms with van der Waals surface area (Å²) in [6, 6.07) is 22.9. The van der Waals surface area contributed by atoms with Gasteiger partial charge < -0.3 is 14.4 Å². The highest BCUT2D eigenvalue weighted by Crippen LogP contribution is 2.34. The number of methoxy groups -OCH3 is 1. The Morgan fingerprint density at radius 3 is 2.51 bits per heavy atom. The molecule has 1 aliphatic heterocycles. The number of piperazine rings is 1. The first-order valence-corrected chi connectivity index (χ1v) is 13.5. The predicted octanol–water partition coefficient (Wildman–Crippen LogP) is 5.49. The number of carbonyl (C=O) groups excluding carboxylic acids is 2. The average molecular weight is 540 g/mol. The van der Waals surface area contributed by atoms with Gasteiger partial charge in [-0.05, 0) is 36.8 Å². The van der Waals surface area contributed by atoms with E-state index in [0.29, 0.717) is 37.5 Å². The lowest BCUT2D eigenvalue weighted by Gasteiger charge is -2.44. The number of benzene rings is 3. The fourth-order valence-electron chi connectivity index (χ4n) is 4.93. The van der Waals surface area contributed by atoms with Crippen LogP contribution in [0.2, 0.25) is 0 Å². The third-order valence-electron chi connectivity index (χ3n) is 7.11. The maximum absolute atomic E-state index is 13.5. The molecule has 0 N–H and O–H groups in total. The van der Waals surface area contributed by atoms with Crippen molar-refractivity contribution in [2.24, 2.45) is 0 Å². The largest absolute Gasteiger partial charge is 0.467 e. The molecule has 198 valence electrons. The number of aromatic nitrogens is 1. The molecule has 1 atom stereocenters. The molecule has 1 saturated heterocycles. The monoisotopic (exact) mass is 539 g/mol. The number of carbonyl (C=O) groups is 2. The van der Waals surface area contributed by atoms with Crippen LogP contribution in [0.4, 0.5) is 0 Å². The van der Waals surface area contributed by atoms with Crippen LogP contribution in [-0.4, -0.2) is 59.9 Å². The van der Waals surface area contributed by atoms with Gasteiger partial charge in [0.05, 0.1) is 17.3 Å². The van der Waals surface area contributed by atoms with Gasteiger partial charge in [0.15, 0.2) is 0 Å². The first-order chi connectivity index (χ1) is 18.9. The lowest BCUT2D eigenvalue weighted by atomic mass is 9.89. The number of ether oxygens (including phenoxy) is 2. The second kappa shape index (κ2) is 11.3. The lowest BCUT2D eigenvalue weighted by molar-refractivity contribution is -0.156. The minimum Gasteiger partial charge on any atom is -0.467 e. The van der Waals surface area contributed by atoms with E-state index in [4.69, 9.17) is 14.5 Å². The summed E-state index contributed by atoms with van der Waals surface area (Å²) in [6.07, 6.45) is 1.41. The second-order valence-electron chi connectivity index (χ2n) is 9.38. The normalized spacial score (nSPS) is 15.3. The van der Waals surface area contributed by atoms with E-state index in [9.17, 15) is 9.59 Å². The van der Waals surface area contributed by atoms with E-state index in [0.717, 1.165) is 26.4 Å². The van der Waals surface area contributed by atoms with E-state index < -0.39 is 5.54 Å². The van der Waals surface area contributed by atoms with E-state index in [1.165, 1.54) is 13.4 Å². The van der Waals surface area contributed by atoms with Gasteiger partial charge in [-0.1, -0.05) is 54.8 Å². The fourth-order valence-corrected chi connectivity index (χ4v) is 5.92. The molecule has 5 rings (SSSR count). The molecule has 1 aromatic heterocycles. The average Bonchev–Trinajstić information content (AvgIpc) is 3.43. The predicted molar refractivity (Wildman–Crippen MR) is 153 cm³/mol. The molecule has 2 heterocycles. The topological polar surface area (TPSA) is 72.0 Å². The van der Waals surface area contributed by atoms with E-state index in [1.807, 2.05) is 84.6 Å². The van der Waals surface area contributed by atoms with Crippen LogP contribution >= 0.6 is 11.3 Å². The molecular formula is C31H29N3O4S. The third-order valence-corrected chi connectivity index (χ3v) is 8.18. The van der Waals surface area contributed by atoms with E-state index in [2.05, 4.69) is 17.2 Å². The molecule has 0 radical (unpaired) electrons. The van der Waals surface area contributed by atoms with Crippen molar-refractivity contribution < 1.29 is 19.1 Å². The van der Waals surface area contributed by atoms with Crippen LogP contribution in [0.1, 0.15) is 22.8 Å². The zero-order valence-electron chi connectivity index (χ0n) is 21.9. The van der Waals surface area contributed by atoms with Crippen molar-refractivity contribution in [2.75, 3.05) is 33.3 Å². The van der Waals surface area contributed by atoms with E-state index in [-0.39, 0.29) is 11.9 Å². The summed E-state index contributed by atoms with van der Waals surface area (Å²) in [5.74, 6) is 0.337. The highest BCUT2D eigenvalue weighted by atomic mass is 32.1. The van der Waals surface area contributed by atoms with Gasteiger partial charge in [0.2, 0.25) is 0 Å². The highest BCUT2D eigenvalue weighted by molar-refractivity contribution is 7.21.